The molecule has 0 aliphatic rings. The van der Waals surface area contributed by atoms with Crippen molar-refractivity contribution in [3.63, 3.8) is 0 Å². The number of nitrogens with zero attached hydrogens (tertiary/aromatic N) is 2. The molecule has 0 atom stereocenters. The summed E-state index contributed by atoms with van der Waals surface area (Å²) in [5.41, 5.74) is 2.06. The van der Waals surface area contributed by atoms with E-state index < -0.39 is 0 Å². The SMILES string of the molecule is Cc1ccccc1-c1noc(CCNC(=O)Cc2cccs2)n1. The molecule has 5 nitrogen and oxygen atoms in total. The number of rotatable bonds is 6. The van der Waals surface area contributed by atoms with Crippen LogP contribution in [0.4, 0.5) is 0 Å². The van der Waals surface area contributed by atoms with Gasteiger partial charge in [-0.25, -0.2) is 0 Å². The molecule has 3 rings (SSSR count). The molecule has 23 heavy (non-hydrogen) atoms. The van der Waals surface area contributed by atoms with Gasteiger partial charge in [0.15, 0.2) is 0 Å². The van der Waals surface area contributed by atoms with Gasteiger partial charge in [-0.2, -0.15) is 4.98 Å². The van der Waals surface area contributed by atoms with Gasteiger partial charge >= 0.3 is 0 Å². The second-order valence-electron chi connectivity index (χ2n) is 5.18. The van der Waals surface area contributed by atoms with E-state index >= 15 is 0 Å². The van der Waals surface area contributed by atoms with Crippen molar-refractivity contribution >= 4 is 17.2 Å². The Morgan fingerprint density at radius 2 is 2.13 bits per heavy atom. The average Bonchev–Trinajstić information content (AvgIpc) is 3.20. The molecule has 2 aromatic heterocycles. The van der Waals surface area contributed by atoms with Gasteiger partial charge in [0.2, 0.25) is 17.6 Å². The van der Waals surface area contributed by atoms with Crippen LogP contribution in [-0.4, -0.2) is 22.6 Å². The van der Waals surface area contributed by atoms with Gasteiger partial charge in [-0.3, -0.25) is 4.79 Å². The van der Waals surface area contributed by atoms with Gasteiger partial charge in [-0.05, 0) is 23.9 Å². The number of aryl methyl sites for hydroxylation is 1. The summed E-state index contributed by atoms with van der Waals surface area (Å²) >= 11 is 1.58. The lowest BCUT2D eigenvalue weighted by molar-refractivity contribution is -0.120. The van der Waals surface area contributed by atoms with E-state index in [0.717, 1.165) is 16.0 Å². The summed E-state index contributed by atoms with van der Waals surface area (Å²) in [6.45, 7) is 2.50. The summed E-state index contributed by atoms with van der Waals surface area (Å²) in [5, 5.41) is 8.84. The van der Waals surface area contributed by atoms with Gasteiger partial charge in [0, 0.05) is 23.4 Å². The lowest BCUT2D eigenvalue weighted by atomic mass is 10.1. The Morgan fingerprint density at radius 1 is 1.26 bits per heavy atom. The molecule has 1 aromatic carbocycles. The van der Waals surface area contributed by atoms with E-state index in [1.165, 1.54) is 0 Å². The maximum absolute atomic E-state index is 11.8. The summed E-state index contributed by atoms with van der Waals surface area (Å²) < 4.78 is 5.25. The predicted molar refractivity (Wildman–Crippen MR) is 89.2 cm³/mol. The van der Waals surface area contributed by atoms with Crippen LogP contribution in [-0.2, 0) is 17.6 Å². The summed E-state index contributed by atoms with van der Waals surface area (Å²) in [7, 11) is 0. The Balaban J connectivity index is 1.52. The molecule has 0 fully saturated rings. The third kappa shape index (κ3) is 4.04. The van der Waals surface area contributed by atoms with Crippen molar-refractivity contribution in [3.8, 4) is 11.4 Å². The number of hydrogen-bond acceptors (Lipinski definition) is 5. The van der Waals surface area contributed by atoms with Gasteiger partial charge in [0.25, 0.3) is 0 Å². The van der Waals surface area contributed by atoms with Crippen LogP contribution >= 0.6 is 11.3 Å². The highest BCUT2D eigenvalue weighted by atomic mass is 32.1. The molecule has 2 heterocycles. The Kier molecular flexibility index (Phi) is 4.83. The summed E-state index contributed by atoms with van der Waals surface area (Å²) in [4.78, 5) is 17.2. The molecule has 0 aliphatic carbocycles. The van der Waals surface area contributed by atoms with Crippen LogP contribution in [0.5, 0.6) is 0 Å². The van der Waals surface area contributed by atoms with Crippen molar-refractivity contribution in [3.05, 3.63) is 58.1 Å². The van der Waals surface area contributed by atoms with E-state index in [4.69, 9.17) is 4.52 Å². The van der Waals surface area contributed by atoms with Crippen molar-refractivity contribution in [2.75, 3.05) is 6.54 Å². The minimum atomic E-state index is 0.00564. The van der Waals surface area contributed by atoms with Crippen LogP contribution in [0, 0.1) is 6.92 Å². The zero-order valence-electron chi connectivity index (χ0n) is 12.8. The molecule has 0 bridgehead atoms. The van der Waals surface area contributed by atoms with Crippen molar-refractivity contribution in [1.82, 2.24) is 15.5 Å². The van der Waals surface area contributed by atoms with Gasteiger partial charge in [-0.1, -0.05) is 35.5 Å². The zero-order valence-corrected chi connectivity index (χ0v) is 13.6. The fourth-order valence-electron chi connectivity index (χ4n) is 2.23. The number of carbonyl (C=O) groups is 1. The largest absolute Gasteiger partial charge is 0.355 e. The zero-order chi connectivity index (χ0) is 16.1. The Hall–Kier alpha value is -2.47. The third-order valence-corrected chi connectivity index (χ3v) is 4.31. The lowest BCUT2D eigenvalue weighted by Crippen LogP contribution is -2.27. The number of hydrogen-bond donors (Lipinski definition) is 1. The molecule has 0 saturated carbocycles. The number of thiophene rings is 1. The number of nitrogens with one attached hydrogen (secondary N) is 1. The van der Waals surface area contributed by atoms with E-state index in [1.807, 2.05) is 48.7 Å². The summed E-state index contributed by atoms with van der Waals surface area (Å²) in [6.07, 6.45) is 0.936. The van der Waals surface area contributed by atoms with Gasteiger partial charge in [0.05, 0.1) is 6.42 Å². The minimum absolute atomic E-state index is 0.00564. The molecule has 118 valence electrons. The highest BCUT2D eigenvalue weighted by Gasteiger charge is 2.11. The van der Waals surface area contributed by atoms with E-state index in [1.54, 1.807) is 11.3 Å². The van der Waals surface area contributed by atoms with E-state index in [2.05, 4.69) is 15.5 Å². The molecule has 3 aromatic rings. The molecule has 0 saturated heterocycles. The number of benzene rings is 1. The smallest absolute Gasteiger partial charge is 0.228 e. The van der Waals surface area contributed by atoms with E-state index in [9.17, 15) is 4.79 Å². The molecule has 0 spiro atoms. The lowest BCUT2D eigenvalue weighted by Gasteiger charge is -2.01. The van der Waals surface area contributed by atoms with Crippen LogP contribution in [0.15, 0.2) is 46.3 Å². The molecule has 1 N–H and O–H groups in total. The van der Waals surface area contributed by atoms with Crippen molar-refractivity contribution in [1.29, 1.82) is 0 Å². The van der Waals surface area contributed by atoms with Crippen LogP contribution in [0.3, 0.4) is 0 Å². The quantitative estimate of drug-likeness (QED) is 0.756. The minimum Gasteiger partial charge on any atom is -0.355 e. The molecule has 0 unspecified atom stereocenters. The second kappa shape index (κ2) is 7.19. The standard InChI is InChI=1S/C17H17N3O2S/c1-12-5-2-3-7-14(12)17-19-16(22-20-17)8-9-18-15(21)11-13-6-4-10-23-13/h2-7,10H,8-9,11H2,1H3,(H,18,21). The monoisotopic (exact) mass is 327 g/mol. The first-order valence-corrected chi connectivity index (χ1v) is 8.28. The predicted octanol–water partition coefficient (Wildman–Crippen LogP) is 3.01. The second-order valence-corrected chi connectivity index (χ2v) is 6.21. The number of carbonyl (C=O) groups excluding carboxylic acids is 1. The molecule has 0 radical (unpaired) electrons. The fourth-order valence-corrected chi connectivity index (χ4v) is 2.94. The Bertz CT molecular complexity index is 781. The van der Waals surface area contributed by atoms with Gasteiger partial charge < -0.3 is 9.84 Å². The van der Waals surface area contributed by atoms with Crippen LogP contribution in [0.25, 0.3) is 11.4 Å². The summed E-state index contributed by atoms with van der Waals surface area (Å²) in [5.74, 6) is 1.12. The molecule has 6 heteroatoms. The van der Waals surface area contributed by atoms with E-state index in [0.29, 0.717) is 31.1 Å². The first kappa shape index (κ1) is 15.4. The van der Waals surface area contributed by atoms with Crippen molar-refractivity contribution < 1.29 is 9.32 Å². The summed E-state index contributed by atoms with van der Waals surface area (Å²) in [6, 6.07) is 11.8. The first-order valence-electron chi connectivity index (χ1n) is 7.40. The first-order chi connectivity index (χ1) is 11.2. The van der Waals surface area contributed by atoms with Crippen LogP contribution < -0.4 is 5.32 Å². The maximum Gasteiger partial charge on any atom is 0.228 e. The highest BCUT2D eigenvalue weighted by molar-refractivity contribution is 7.10. The van der Waals surface area contributed by atoms with Gasteiger partial charge in [-0.15, -0.1) is 11.3 Å². The number of amides is 1. The fraction of sp³-hybridized carbons (Fsp3) is 0.235. The van der Waals surface area contributed by atoms with E-state index in [-0.39, 0.29) is 5.91 Å². The average molecular weight is 327 g/mol. The maximum atomic E-state index is 11.8. The normalized spacial score (nSPS) is 10.7. The number of aromatic nitrogens is 2. The molecule has 1 amide bonds. The highest BCUT2D eigenvalue weighted by Crippen LogP contribution is 2.19. The van der Waals surface area contributed by atoms with Crippen LogP contribution in [0.1, 0.15) is 16.3 Å². The van der Waals surface area contributed by atoms with Crippen LogP contribution in [0.2, 0.25) is 0 Å². The molecular formula is C17H17N3O2S. The Morgan fingerprint density at radius 3 is 2.91 bits per heavy atom. The van der Waals surface area contributed by atoms with Gasteiger partial charge in [0.1, 0.15) is 0 Å². The topological polar surface area (TPSA) is 68.0 Å². The molecular weight excluding hydrogens is 310 g/mol. The van der Waals surface area contributed by atoms with Crippen molar-refractivity contribution in [2.24, 2.45) is 0 Å². The van der Waals surface area contributed by atoms with Crippen molar-refractivity contribution in [2.45, 2.75) is 19.8 Å². The third-order valence-electron chi connectivity index (χ3n) is 3.43. The molecule has 0 aliphatic heterocycles. The Labute approximate surface area is 138 Å².